The molecule has 2 N–H and O–H groups in total. The number of fused-ring (bicyclic) bond motifs is 3. The molecule has 1 atom stereocenters. The van der Waals surface area contributed by atoms with Gasteiger partial charge in [-0.3, -0.25) is 0 Å². The van der Waals surface area contributed by atoms with E-state index >= 15 is 0 Å². The lowest BCUT2D eigenvalue weighted by molar-refractivity contribution is 0.388. The number of nitriles is 1. The monoisotopic (exact) mass is 386 g/mol. The molecule has 1 aliphatic rings. The van der Waals surface area contributed by atoms with Crippen LogP contribution in [0.4, 0.5) is 0 Å². The van der Waals surface area contributed by atoms with Crippen molar-refractivity contribution in [1.82, 2.24) is 0 Å². The van der Waals surface area contributed by atoms with E-state index in [1.807, 2.05) is 51.1 Å². The largest absolute Gasteiger partial charge is 0.439 e. The fourth-order valence-electron chi connectivity index (χ4n) is 4.04. The maximum atomic E-state index is 13.1. The third-order valence-corrected chi connectivity index (χ3v) is 5.77. The normalized spacial score (nSPS) is 15.8. The summed E-state index contributed by atoms with van der Waals surface area (Å²) < 4.78 is 11.6. The molecule has 0 bridgehead atoms. The zero-order chi connectivity index (χ0) is 20.9. The van der Waals surface area contributed by atoms with Gasteiger partial charge in [-0.15, -0.1) is 0 Å². The van der Waals surface area contributed by atoms with Crippen molar-refractivity contribution in [3.05, 3.63) is 85.6 Å². The summed E-state index contributed by atoms with van der Waals surface area (Å²) in [5.41, 5.74) is 11.5. The topological polar surface area (TPSA) is 89.3 Å². The van der Waals surface area contributed by atoms with Crippen molar-refractivity contribution in [2.24, 2.45) is 5.73 Å². The van der Waals surface area contributed by atoms with Crippen LogP contribution in [-0.4, -0.2) is 0 Å². The Balaban J connectivity index is 2.09. The molecule has 2 heterocycles. The summed E-state index contributed by atoms with van der Waals surface area (Å²) >= 11 is 0. The summed E-state index contributed by atoms with van der Waals surface area (Å²) in [6.07, 6.45) is 0.901. The average molecular weight is 386 g/mol. The first-order valence-corrected chi connectivity index (χ1v) is 9.61. The van der Waals surface area contributed by atoms with Gasteiger partial charge in [0.2, 0.25) is 5.88 Å². The second-order valence-electron chi connectivity index (χ2n) is 7.49. The Hall–Kier alpha value is -3.52. The number of benzene rings is 2. The van der Waals surface area contributed by atoms with Crippen LogP contribution in [0, 0.1) is 32.1 Å². The highest BCUT2D eigenvalue weighted by molar-refractivity contribution is 5.91. The molecule has 0 spiro atoms. The quantitative estimate of drug-likeness (QED) is 0.655. The molecule has 146 valence electrons. The van der Waals surface area contributed by atoms with E-state index < -0.39 is 11.5 Å². The van der Waals surface area contributed by atoms with Crippen LogP contribution < -0.4 is 16.1 Å². The fourth-order valence-corrected chi connectivity index (χ4v) is 4.04. The molecule has 0 saturated heterocycles. The molecule has 0 aliphatic carbocycles. The molecular weight excluding hydrogens is 364 g/mol. The highest BCUT2D eigenvalue weighted by atomic mass is 16.5. The first kappa shape index (κ1) is 18.8. The Morgan fingerprint density at radius 1 is 1.14 bits per heavy atom. The smallest absolute Gasteiger partial charge is 0.344 e. The molecule has 1 aliphatic heterocycles. The zero-order valence-electron chi connectivity index (χ0n) is 16.9. The van der Waals surface area contributed by atoms with Crippen LogP contribution in [-0.2, 0) is 6.42 Å². The predicted octanol–water partition coefficient (Wildman–Crippen LogP) is 4.50. The van der Waals surface area contributed by atoms with E-state index in [0.29, 0.717) is 16.9 Å². The molecule has 0 radical (unpaired) electrons. The molecule has 0 unspecified atom stereocenters. The molecule has 0 saturated carbocycles. The highest BCUT2D eigenvalue weighted by Crippen LogP contribution is 2.45. The van der Waals surface area contributed by atoms with E-state index in [4.69, 9.17) is 14.9 Å². The number of hydrogen-bond donors (Lipinski definition) is 1. The Morgan fingerprint density at radius 3 is 2.45 bits per heavy atom. The van der Waals surface area contributed by atoms with E-state index in [1.54, 1.807) is 0 Å². The summed E-state index contributed by atoms with van der Waals surface area (Å²) in [6.45, 7) is 7.91. The van der Waals surface area contributed by atoms with E-state index in [-0.39, 0.29) is 11.5 Å². The van der Waals surface area contributed by atoms with Crippen LogP contribution in [0.1, 0.15) is 46.2 Å². The lowest BCUT2D eigenvalue weighted by Crippen LogP contribution is -2.26. The van der Waals surface area contributed by atoms with E-state index in [0.717, 1.165) is 34.1 Å². The van der Waals surface area contributed by atoms with Crippen LogP contribution in [0.3, 0.4) is 0 Å². The number of hydrogen-bond acceptors (Lipinski definition) is 5. The lowest BCUT2D eigenvalue weighted by Gasteiger charge is -2.27. The summed E-state index contributed by atoms with van der Waals surface area (Å²) in [4.78, 5) is 13.1. The second kappa shape index (κ2) is 6.82. The molecule has 5 heteroatoms. The fraction of sp³-hybridized carbons (Fsp3) is 0.250. The zero-order valence-corrected chi connectivity index (χ0v) is 16.9. The Kier molecular flexibility index (Phi) is 4.43. The minimum Gasteiger partial charge on any atom is -0.439 e. The molecule has 4 rings (SSSR count). The van der Waals surface area contributed by atoms with Gasteiger partial charge in [-0.2, -0.15) is 5.26 Å². The molecular formula is C24H22N2O3. The third kappa shape index (κ3) is 2.80. The summed E-state index contributed by atoms with van der Waals surface area (Å²) in [6, 6.07) is 12.0. The number of ether oxygens (including phenoxy) is 1. The first-order chi connectivity index (χ1) is 13.9. The van der Waals surface area contributed by atoms with Gasteiger partial charge in [-0.05, 0) is 55.0 Å². The van der Waals surface area contributed by atoms with E-state index in [2.05, 4.69) is 13.0 Å². The van der Waals surface area contributed by atoms with Gasteiger partial charge in [0.15, 0.2) is 5.75 Å². The molecule has 5 nitrogen and oxygen atoms in total. The van der Waals surface area contributed by atoms with Crippen molar-refractivity contribution in [3.63, 3.8) is 0 Å². The van der Waals surface area contributed by atoms with Gasteiger partial charge in [-0.1, -0.05) is 37.3 Å². The minimum atomic E-state index is -0.628. The van der Waals surface area contributed by atoms with Crippen molar-refractivity contribution in [1.29, 1.82) is 5.26 Å². The van der Waals surface area contributed by atoms with Crippen LogP contribution >= 0.6 is 0 Å². The predicted molar refractivity (Wildman–Crippen MR) is 112 cm³/mol. The van der Waals surface area contributed by atoms with Crippen molar-refractivity contribution < 1.29 is 9.15 Å². The third-order valence-electron chi connectivity index (χ3n) is 5.77. The first-order valence-electron chi connectivity index (χ1n) is 9.61. The molecule has 1 aromatic heterocycles. The SMILES string of the molecule is CCc1ccc([C@@H]2C(C#N)=C(N)Oc3c2c(=O)oc2c(C)c(C)cc(C)c32)cc1. The number of aryl methyl sites for hydroxylation is 4. The van der Waals surface area contributed by atoms with Crippen molar-refractivity contribution in [2.45, 2.75) is 40.0 Å². The number of rotatable bonds is 2. The highest BCUT2D eigenvalue weighted by Gasteiger charge is 2.36. The second-order valence-corrected chi connectivity index (χ2v) is 7.49. The summed E-state index contributed by atoms with van der Waals surface area (Å²) in [5, 5.41) is 10.5. The molecule has 2 aromatic carbocycles. The number of nitrogens with two attached hydrogens (primary N) is 1. The number of allylic oxidation sites excluding steroid dienone is 1. The van der Waals surface area contributed by atoms with Crippen LogP contribution in [0.25, 0.3) is 11.0 Å². The average Bonchev–Trinajstić information content (AvgIpc) is 2.71. The van der Waals surface area contributed by atoms with Gasteiger partial charge in [-0.25, -0.2) is 4.79 Å². The number of nitrogens with zero attached hydrogens (tertiary/aromatic N) is 1. The summed E-state index contributed by atoms with van der Waals surface area (Å²) in [7, 11) is 0. The van der Waals surface area contributed by atoms with Crippen LogP contribution in [0.5, 0.6) is 5.75 Å². The van der Waals surface area contributed by atoms with Crippen LogP contribution in [0.2, 0.25) is 0 Å². The van der Waals surface area contributed by atoms with Gasteiger partial charge < -0.3 is 14.9 Å². The van der Waals surface area contributed by atoms with Gasteiger partial charge in [0.05, 0.1) is 16.9 Å². The van der Waals surface area contributed by atoms with Crippen molar-refractivity contribution in [3.8, 4) is 11.8 Å². The van der Waals surface area contributed by atoms with E-state index in [9.17, 15) is 10.1 Å². The Bertz CT molecular complexity index is 1270. The Labute approximate surface area is 169 Å². The van der Waals surface area contributed by atoms with Gasteiger partial charge in [0.1, 0.15) is 17.2 Å². The minimum absolute atomic E-state index is 0.0223. The lowest BCUT2D eigenvalue weighted by atomic mass is 9.83. The van der Waals surface area contributed by atoms with Gasteiger partial charge >= 0.3 is 5.63 Å². The molecule has 0 fully saturated rings. The maximum Gasteiger partial charge on any atom is 0.344 e. The van der Waals surface area contributed by atoms with Gasteiger partial charge in [0, 0.05) is 0 Å². The molecule has 29 heavy (non-hydrogen) atoms. The van der Waals surface area contributed by atoms with Crippen LogP contribution in [0.15, 0.2) is 51.0 Å². The van der Waals surface area contributed by atoms with Crippen molar-refractivity contribution >= 4 is 11.0 Å². The maximum absolute atomic E-state index is 13.1. The van der Waals surface area contributed by atoms with Crippen molar-refractivity contribution in [2.75, 3.05) is 0 Å². The molecule has 0 amide bonds. The standard InChI is InChI=1S/C24H22N2O3/c1-5-15-6-8-16(9-7-15)19-17(11-25)23(26)28-22-18-13(3)10-12(2)14(4)21(18)29-24(27)20(19)22/h6-10,19H,5,26H2,1-4H3/t19-/m1/s1. The molecule has 3 aromatic rings. The van der Waals surface area contributed by atoms with E-state index in [1.165, 1.54) is 5.56 Å². The summed E-state index contributed by atoms with van der Waals surface area (Å²) in [5.74, 6) is -0.219. The Morgan fingerprint density at radius 2 is 1.83 bits per heavy atom. The van der Waals surface area contributed by atoms with Gasteiger partial charge in [0.25, 0.3) is 0 Å².